The van der Waals surface area contributed by atoms with Gasteiger partial charge in [-0.2, -0.15) is 9.97 Å². The smallest absolute Gasteiger partial charge is 0.226 e. The monoisotopic (exact) mass is 674 g/mol. The number of anilines is 3. The number of piperidine rings is 1. The van der Waals surface area contributed by atoms with Crippen molar-refractivity contribution in [3.8, 4) is 0 Å². The number of carbonyl (C=O) groups excluding carboxylic acids is 2. The molecule has 2 fully saturated rings. The summed E-state index contributed by atoms with van der Waals surface area (Å²) in [4.78, 5) is 38.3. The zero-order chi connectivity index (χ0) is 34.1. The number of likely N-dealkylation sites (tertiary alicyclic amines) is 1. The topological polar surface area (TPSA) is 207 Å². The van der Waals surface area contributed by atoms with Crippen LogP contribution in [0.4, 0.5) is 17.6 Å². The van der Waals surface area contributed by atoms with Gasteiger partial charge in [-0.1, -0.05) is 5.21 Å². The Kier molecular flexibility index (Phi) is 15.5. The van der Waals surface area contributed by atoms with Crippen molar-refractivity contribution in [2.24, 2.45) is 0 Å². The van der Waals surface area contributed by atoms with Crippen LogP contribution in [-0.4, -0.2) is 142 Å². The summed E-state index contributed by atoms with van der Waals surface area (Å²) in [5, 5.41) is 43.1. The molecule has 48 heavy (non-hydrogen) atoms. The van der Waals surface area contributed by atoms with E-state index in [1.807, 2.05) is 17.2 Å². The number of nitrogens with zero attached hydrogens (tertiary/aromatic N) is 7. The van der Waals surface area contributed by atoms with E-state index in [1.165, 1.54) is 0 Å². The van der Waals surface area contributed by atoms with Crippen LogP contribution in [0.25, 0.3) is 0 Å². The van der Waals surface area contributed by atoms with Crippen LogP contribution in [0.1, 0.15) is 51.6 Å². The molecule has 0 radical (unpaired) electrons. The molecule has 268 valence electrons. The molecule has 0 saturated carbocycles. The summed E-state index contributed by atoms with van der Waals surface area (Å²) in [5.41, 5.74) is 0.746. The fraction of sp³-hybridized carbons (Fsp3) is 0.742. The Hall–Kier alpha value is -3.64. The molecule has 7 N–H and O–H groups in total. The molecule has 2 aliphatic rings. The Balaban J connectivity index is 1.24. The minimum Gasteiger partial charge on any atom is -0.392 e. The third-order valence-corrected chi connectivity index (χ3v) is 8.07. The SMILES string of the molecule is CC(O)CNCCC(=O)NCCCn1cc(CNc2nc(NC3CCN(C(=O)CCNCC(C)O)CC3)cc(N3CCOCC3)n2)nn1. The number of aryl methyl sites for hydroxylation is 1. The lowest BCUT2D eigenvalue weighted by atomic mass is 10.0. The average molecular weight is 675 g/mol. The first-order valence-electron chi connectivity index (χ1n) is 17.2. The van der Waals surface area contributed by atoms with Crippen LogP contribution in [0.3, 0.4) is 0 Å². The van der Waals surface area contributed by atoms with E-state index in [4.69, 9.17) is 14.7 Å². The number of ether oxygens (including phenoxy) is 1. The summed E-state index contributed by atoms with van der Waals surface area (Å²) in [6, 6.07) is 2.15. The summed E-state index contributed by atoms with van der Waals surface area (Å²) < 4.78 is 7.30. The largest absolute Gasteiger partial charge is 0.392 e. The fourth-order valence-corrected chi connectivity index (χ4v) is 5.46. The first kappa shape index (κ1) is 37.2. The van der Waals surface area contributed by atoms with E-state index >= 15 is 0 Å². The predicted molar refractivity (Wildman–Crippen MR) is 182 cm³/mol. The van der Waals surface area contributed by atoms with Crippen LogP contribution in [0.2, 0.25) is 0 Å². The minimum atomic E-state index is -0.431. The third-order valence-electron chi connectivity index (χ3n) is 8.07. The molecule has 17 heteroatoms. The first-order valence-corrected chi connectivity index (χ1v) is 17.2. The second-order valence-electron chi connectivity index (χ2n) is 12.5. The molecule has 17 nitrogen and oxygen atoms in total. The molecule has 0 spiro atoms. The predicted octanol–water partition coefficient (Wildman–Crippen LogP) is -0.853. The van der Waals surface area contributed by atoms with Crippen LogP contribution < -0.4 is 31.5 Å². The highest BCUT2D eigenvalue weighted by Gasteiger charge is 2.24. The Morgan fingerprint density at radius 1 is 0.979 bits per heavy atom. The van der Waals surface area contributed by atoms with Gasteiger partial charge in [0.15, 0.2) is 0 Å². The van der Waals surface area contributed by atoms with E-state index in [2.05, 4.69) is 41.8 Å². The molecule has 4 heterocycles. The quantitative estimate of drug-likeness (QED) is 0.0855. The van der Waals surface area contributed by atoms with Crippen LogP contribution >= 0.6 is 0 Å². The van der Waals surface area contributed by atoms with E-state index in [9.17, 15) is 19.8 Å². The second-order valence-corrected chi connectivity index (χ2v) is 12.5. The van der Waals surface area contributed by atoms with Crippen molar-refractivity contribution in [2.45, 2.75) is 77.3 Å². The second kappa shape index (κ2) is 20.0. The van der Waals surface area contributed by atoms with Gasteiger partial charge in [0, 0.05) is 90.4 Å². The van der Waals surface area contributed by atoms with Gasteiger partial charge in [0.2, 0.25) is 17.8 Å². The molecular formula is C31H54N12O5. The van der Waals surface area contributed by atoms with Gasteiger partial charge in [0.25, 0.3) is 0 Å². The van der Waals surface area contributed by atoms with Gasteiger partial charge in [-0.15, -0.1) is 5.10 Å². The number of aromatic nitrogens is 5. The number of hydrogen-bond acceptors (Lipinski definition) is 14. The van der Waals surface area contributed by atoms with E-state index in [0.29, 0.717) is 90.9 Å². The summed E-state index contributed by atoms with van der Waals surface area (Å²) in [5.74, 6) is 2.13. The summed E-state index contributed by atoms with van der Waals surface area (Å²) in [7, 11) is 0. The standard InChI is InChI=1S/C31H54N12O5/c1-23(44)19-32-9-4-29(46)34-8-3-11-43-22-26(39-40-43)21-35-31-37-27(18-28(38-31)41-14-16-48-17-15-41)36-25-6-12-42(13-7-25)30(47)5-10-33-20-24(2)45/h18,22-25,32-33,44-45H,3-17,19-21H2,1-2H3,(H,34,46)(H2,35,36,37,38). The van der Waals surface area contributed by atoms with E-state index in [1.54, 1.807) is 18.5 Å². The number of amides is 2. The fourth-order valence-electron chi connectivity index (χ4n) is 5.46. The molecule has 4 rings (SSSR count). The van der Waals surface area contributed by atoms with Crippen LogP contribution in [0, 0.1) is 0 Å². The molecule has 2 atom stereocenters. The number of morpholine rings is 1. The molecule has 2 unspecified atom stereocenters. The Morgan fingerprint density at radius 2 is 1.69 bits per heavy atom. The van der Waals surface area contributed by atoms with Crippen molar-refractivity contribution in [1.29, 1.82) is 0 Å². The van der Waals surface area contributed by atoms with E-state index in [0.717, 1.165) is 49.7 Å². The average Bonchev–Trinajstić information content (AvgIpc) is 3.54. The van der Waals surface area contributed by atoms with Crippen LogP contribution in [0.15, 0.2) is 12.3 Å². The molecule has 2 saturated heterocycles. The van der Waals surface area contributed by atoms with Gasteiger partial charge in [-0.05, 0) is 33.1 Å². The van der Waals surface area contributed by atoms with Gasteiger partial charge >= 0.3 is 0 Å². The molecule has 2 aliphatic heterocycles. The Bertz CT molecular complexity index is 1250. The summed E-state index contributed by atoms with van der Waals surface area (Å²) in [6.45, 7) is 11.2. The number of hydrogen-bond donors (Lipinski definition) is 7. The zero-order valence-electron chi connectivity index (χ0n) is 28.4. The first-order chi connectivity index (χ1) is 23.2. The molecule has 2 aromatic rings. The van der Waals surface area contributed by atoms with Crippen molar-refractivity contribution < 1.29 is 24.5 Å². The minimum absolute atomic E-state index is 0.0286. The Labute approximate surface area is 282 Å². The summed E-state index contributed by atoms with van der Waals surface area (Å²) in [6.07, 6.45) is 4.16. The van der Waals surface area contributed by atoms with Gasteiger partial charge in [0.05, 0.1) is 38.2 Å². The molecule has 2 aromatic heterocycles. The van der Waals surface area contributed by atoms with Crippen molar-refractivity contribution in [3.05, 3.63) is 18.0 Å². The maximum Gasteiger partial charge on any atom is 0.226 e. The van der Waals surface area contributed by atoms with Gasteiger partial charge in [0.1, 0.15) is 17.3 Å². The van der Waals surface area contributed by atoms with Crippen LogP contribution in [0.5, 0.6) is 0 Å². The number of aliphatic hydroxyl groups is 2. The number of nitrogens with one attached hydrogen (secondary N) is 5. The molecular weight excluding hydrogens is 620 g/mol. The van der Waals surface area contributed by atoms with Crippen molar-refractivity contribution >= 4 is 29.4 Å². The van der Waals surface area contributed by atoms with Crippen LogP contribution in [-0.2, 0) is 27.4 Å². The van der Waals surface area contributed by atoms with Crippen molar-refractivity contribution in [2.75, 3.05) is 87.7 Å². The number of carbonyl (C=O) groups is 2. The Morgan fingerprint density at radius 3 is 2.40 bits per heavy atom. The molecule has 2 amide bonds. The summed E-state index contributed by atoms with van der Waals surface area (Å²) >= 11 is 0. The molecule has 0 aliphatic carbocycles. The van der Waals surface area contributed by atoms with E-state index in [-0.39, 0.29) is 17.9 Å². The highest BCUT2D eigenvalue weighted by Crippen LogP contribution is 2.23. The third kappa shape index (κ3) is 13.5. The van der Waals surface area contributed by atoms with Gasteiger partial charge in [-0.25, -0.2) is 0 Å². The lowest BCUT2D eigenvalue weighted by molar-refractivity contribution is -0.132. The van der Waals surface area contributed by atoms with Gasteiger partial charge < -0.3 is 51.3 Å². The molecule has 0 bridgehead atoms. The van der Waals surface area contributed by atoms with Gasteiger partial charge in [-0.3, -0.25) is 14.3 Å². The number of rotatable bonds is 20. The van der Waals surface area contributed by atoms with E-state index < -0.39 is 12.2 Å². The highest BCUT2D eigenvalue weighted by molar-refractivity contribution is 5.76. The maximum absolute atomic E-state index is 12.6. The zero-order valence-corrected chi connectivity index (χ0v) is 28.4. The molecule has 0 aromatic carbocycles. The number of aliphatic hydroxyl groups excluding tert-OH is 2. The van der Waals surface area contributed by atoms with Crippen molar-refractivity contribution in [3.63, 3.8) is 0 Å². The highest BCUT2D eigenvalue weighted by atomic mass is 16.5. The normalized spacial score (nSPS) is 16.8. The lowest BCUT2D eigenvalue weighted by Gasteiger charge is -2.33. The lowest BCUT2D eigenvalue weighted by Crippen LogP contribution is -2.43. The van der Waals surface area contributed by atoms with Crippen molar-refractivity contribution in [1.82, 2.24) is 45.8 Å². The maximum atomic E-state index is 12.6.